The molecule has 0 heterocycles. The summed E-state index contributed by atoms with van der Waals surface area (Å²) in [4.78, 5) is 0. The maximum atomic E-state index is 2.26. The van der Waals surface area contributed by atoms with Crippen molar-refractivity contribution in [3.05, 3.63) is 23.8 Å². The normalized spacial score (nSPS) is 15.8. The Morgan fingerprint density at radius 3 is 2.45 bits per heavy atom. The molecule has 0 fully saturated rings. The molecule has 0 saturated heterocycles. The number of rotatable bonds is 4. The molecule has 0 aromatic heterocycles. The van der Waals surface area contributed by atoms with Crippen LogP contribution >= 0.6 is 0 Å². The first kappa shape index (κ1) is 10.5. The highest BCUT2D eigenvalue weighted by molar-refractivity contribution is 5.10. The van der Waals surface area contributed by atoms with Crippen LogP contribution in [0, 0.1) is 5.92 Å². The van der Waals surface area contributed by atoms with E-state index in [1.54, 1.807) is 0 Å². The second-order valence-electron chi connectivity index (χ2n) is 3.14. The van der Waals surface area contributed by atoms with Crippen LogP contribution in [0.25, 0.3) is 0 Å². The van der Waals surface area contributed by atoms with Gasteiger partial charge >= 0.3 is 0 Å². The molecule has 0 saturated carbocycles. The van der Waals surface area contributed by atoms with E-state index in [-0.39, 0.29) is 0 Å². The van der Waals surface area contributed by atoms with E-state index in [2.05, 4.69) is 45.9 Å². The Hall–Kier alpha value is -0.520. The van der Waals surface area contributed by atoms with Crippen molar-refractivity contribution in [1.82, 2.24) is 0 Å². The van der Waals surface area contributed by atoms with Crippen molar-refractivity contribution in [3.63, 3.8) is 0 Å². The largest absolute Gasteiger partial charge is 0.0817 e. The van der Waals surface area contributed by atoms with Crippen molar-refractivity contribution >= 4 is 0 Å². The van der Waals surface area contributed by atoms with E-state index in [1.165, 1.54) is 12.0 Å². The minimum Gasteiger partial charge on any atom is -0.0817 e. The van der Waals surface area contributed by atoms with E-state index in [9.17, 15) is 0 Å². The molecule has 1 unspecified atom stereocenters. The molecule has 0 rings (SSSR count). The Bertz CT molecular complexity index is 140. The number of allylic oxidation sites excluding steroid dienone is 4. The highest BCUT2D eigenvalue weighted by atomic mass is 13.9. The molecule has 0 aliphatic carbocycles. The van der Waals surface area contributed by atoms with Gasteiger partial charge in [0.2, 0.25) is 0 Å². The van der Waals surface area contributed by atoms with Gasteiger partial charge in [0.1, 0.15) is 0 Å². The molecule has 0 heteroatoms. The summed E-state index contributed by atoms with van der Waals surface area (Å²) in [5.74, 6) is 0.718. The van der Waals surface area contributed by atoms with Crippen molar-refractivity contribution < 1.29 is 0 Å². The second-order valence-corrected chi connectivity index (χ2v) is 3.14. The molecule has 1 atom stereocenters. The van der Waals surface area contributed by atoms with Crippen molar-refractivity contribution in [2.75, 3.05) is 0 Å². The molecule has 0 amide bonds. The molecule has 0 aliphatic heterocycles. The second kappa shape index (κ2) is 6.21. The fourth-order valence-corrected chi connectivity index (χ4v) is 0.663. The lowest BCUT2D eigenvalue weighted by atomic mass is 10.1. The average Bonchev–Trinajstić information content (AvgIpc) is 2.04. The third-order valence-electron chi connectivity index (χ3n) is 2.02. The van der Waals surface area contributed by atoms with Gasteiger partial charge in [-0.3, -0.25) is 0 Å². The minimum atomic E-state index is 0.718. The maximum absolute atomic E-state index is 2.26. The lowest BCUT2D eigenvalue weighted by Gasteiger charge is -1.97. The molecular weight excluding hydrogens is 132 g/mol. The van der Waals surface area contributed by atoms with Gasteiger partial charge in [-0.2, -0.15) is 0 Å². The summed E-state index contributed by atoms with van der Waals surface area (Å²) in [6.07, 6.45) is 9.03. The highest BCUT2D eigenvalue weighted by Crippen LogP contribution is 2.03. The molecule has 0 aromatic rings. The monoisotopic (exact) mass is 152 g/mol. The van der Waals surface area contributed by atoms with Crippen LogP contribution in [0.2, 0.25) is 0 Å². The molecule has 0 nitrogen and oxygen atoms in total. The first-order valence-corrected chi connectivity index (χ1v) is 4.54. The Morgan fingerprint density at radius 1 is 1.36 bits per heavy atom. The van der Waals surface area contributed by atoms with Gasteiger partial charge in [-0.05, 0) is 19.3 Å². The molecule has 0 aromatic carbocycles. The fraction of sp³-hybridized carbons (Fsp3) is 0.636. The Morgan fingerprint density at radius 2 is 2.00 bits per heavy atom. The maximum Gasteiger partial charge on any atom is -0.0261 e. The quantitative estimate of drug-likeness (QED) is 0.535. The van der Waals surface area contributed by atoms with Crippen LogP contribution in [0.5, 0.6) is 0 Å². The molecule has 0 N–H and O–H groups in total. The van der Waals surface area contributed by atoms with Crippen LogP contribution in [-0.2, 0) is 0 Å². The summed E-state index contributed by atoms with van der Waals surface area (Å²) in [6.45, 7) is 8.81. The zero-order chi connectivity index (χ0) is 8.69. The van der Waals surface area contributed by atoms with Crippen LogP contribution in [0.1, 0.15) is 40.5 Å². The minimum absolute atomic E-state index is 0.718. The lowest BCUT2D eigenvalue weighted by molar-refractivity contribution is 0.698. The van der Waals surface area contributed by atoms with Gasteiger partial charge in [-0.1, -0.05) is 51.0 Å². The molecule has 64 valence electrons. The summed E-state index contributed by atoms with van der Waals surface area (Å²) in [5, 5.41) is 0. The summed E-state index contributed by atoms with van der Waals surface area (Å²) < 4.78 is 0. The summed E-state index contributed by atoms with van der Waals surface area (Å²) >= 11 is 0. The summed E-state index contributed by atoms with van der Waals surface area (Å²) in [7, 11) is 0. The summed E-state index contributed by atoms with van der Waals surface area (Å²) in [6, 6.07) is 0. The molecule has 0 radical (unpaired) electrons. The molecule has 0 aliphatic rings. The average molecular weight is 152 g/mol. The van der Waals surface area contributed by atoms with Crippen molar-refractivity contribution in [3.8, 4) is 0 Å². The third-order valence-corrected chi connectivity index (χ3v) is 2.02. The Labute approximate surface area is 71.0 Å². The van der Waals surface area contributed by atoms with Crippen molar-refractivity contribution in [2.45, 2.75) is 40.5 Å². The first-order valence-electron chi connectivity index (χ1n) is 4.54. The SMILES string of the molecule is CC/C(C)=C/C=C\C(C)CC. The van der Waals surface area contributed by atoms with E-state index in [1.807, 2.05) is 0 Å². The summed E-state index contributed by atoms with van der Waals surface area (Å²) in [5.41, 5.74) is 1.45. The molecule has 0 bridgehead atoms. The van der Waals surface area contributed by atoms with E-state index in [0.717, 1.165) is 12.3 Å². The van der Waals surface area contributed by atoms with Gasteiger partial charge in [-0.25, -0.2) is 0 Å². The van der Waals surface area contributed by atoms with E-state index < -0.39 is 0 Å². The smallest absolute Gasteiger partial charge is 0.0261 e. The van der Waals surface area contributed by atoms with Crippen LogP contribution in [-0.4, -0.2) is 0 Å². The van der Waals surface area contributed by atoms with Gasteiger partial charge < -0.3 is 0 Å². The Balaban J connectivity index is 3.75. The van der Waals surface area contributed by atoms with Crippen LogP contribution in [0.4, 0.5) is 0 Å². The van der Waals surface area contributed by atoms with E-state index in [4.69, 9.17) is 0 Å². The van der Waals surface area contributed by atoms with Crippen LogP contribution < -0.4 is 0 Å². The van der Waals surface area contributed by atoms with Crippen molar-refractivity contribution in [1.29, 1.82) is 0 Å². The Kier molecular flexibility index (Phi) is 5.91. The molecule has 0 spiro atoms. The number of hydrogen-bond donors (Lipinski definition) is 0. The molecule has 11 heavy (non-hydrogen) atoms. The standard InChI is InChI=1S/C11H20/c1-5-10(3)8-7-9-11(4)6-2/h7-10H,5-6H2,1-4H3/b8-7-,11-9+. The van der Waals surface area contributed by atoms with Crippen molar-refractivity contribution in [2.24, 2.45) is 5.92 Å². The van der Waals surface area contributed by atoms with Gasteiger partial charge in [0.25, 0.3) is 0 Å². The first-order chi connectivity index (χ1) is 5.20. The zero-order valence-electron chi connectivity index (χ0n) is 8.22. The number of hydrogen-bond acceptors (Lipinski definition) is 0. The van der Waals surface area contributed by atoms with Gasteiger partial charge in [-0.15, -0.1) is 0 Å². The predicted molar refractivity (Wildman–Crippen MR) is 52.6 cm³/mol. The van der Waals surface area contributed by atoms with E-state index in [0.29, 0.717) is 0 Å². The molecular formula is C11H20. The fourth-order valence-electron chi connectivity index (χ4n) is 0.663. The third kappa shape index (κ3) is 5.90. The van der Waals surface area contributed by atoms with Gasteiger partial charge in [0, 0.05) is 0 Å². The topological polar surface area (TPSA) is 0 Å². The van der Waals surface area contributed by atoms with Gasteiger partial charge in [0.15, 0.2) is 0 Å². The zero-order valence-corrected chi connectivity index (χ0v) is 8.22. The lowest BCUT2D eigenvalue weighted by Crippen LogP contribution is -1.82. The highest BCUT2D eigenvalue weighted by Gasteiger charge is 1.88. The van der Waals surface area contributed by atoms with E-state index >= 15 is 0 Å². The van der Waals surface area contributed by atoms with Crippen LogP contribution in [0.3, 0.4) is 0 Å². The van der Waals surface area contributed by atoms with Gasteiger partial charge in [0.05, 0.1) is 0 Å². The predicted octanol–water partition coefficient (Wildman–Crippen LogP) is 3.95. The van der Waals surface area contributed by atoms with Crippen LogP contribution in [0.15, 0.2) is 23.8 Å².